The number of imidazole rings is 1. The lowest BCUT2D eigenvalue weighted by atomic mass is 9.99. The molecule has 0 spiro atoms. The van der Waals surface area contributed by atoms with E-state index in [1.165, 1.54) is 5.56 Å². The number of methoxy groups -OCH3 is 1. The average Bonchev–Trinajstić information content (AvgIpc) is 3.57. The van der Waals surface area contributed by atoms with E-state index < -0.39 is 0 Å². The number of carbonyl (C=O) groups excluding carboxylic acids is 1. The van der Waals surface area contributed by atoms with Gasteiger partial charge >= 0.3 is 0 Å². The molecular formula is C26H32N4O2. The van der Waals surface area contributed by atoms with Crippen LogP contribution in [-0.2, 0) is 17.7 Å². The molecule has 1 aromatic heterocycles. The van der Waals surface area contributed by atoms with Gasteiger partial charge in [-0.2, -0.15) is 0 Å². The number of para-hydroxylation sites is 2. The molecule has 2 aliphatic heterocycles. The largest absolute Gasteiger partial charge is 0.383 e. The number of fused-ring (bicyclic) bond motifs is 1. The molecule has 32 heavy (non-hydrogen) atoms. The van der Waals surface area contributed by atoms with Gasteiger partial charge in [0.1, 0.15) is 5.82 Å². The van der Waals surface area contributed by atoms with E-state index in [0.717, 1.165) is 74.3 Å². The van der Waals surface area contributed by atoms with Crippen molar-refractivity contribution in [2.45, 2.75) is 44.3 Å². The number of ether oxygens (including phenoxy) is 1. The molecule has 6 heteroatoms. The van der Waals surface area contributed by atoms with Gasteiger partial charge in [-0.15, -0.1) is 0 Å². The van der Waals surface area contributed by atoms with Crippen molar-refractivity contribution in [3.63, 3.8) is 0 Å². The third-order valence-corrected chi connectivity index (χ3v) is 6.95. The highest BCUT2D eigenvalue weighted by Gasteiger charge is 2.36. The van der Waals surface area contributed by atoms with Crippen LogP contribution in [0.3, 0.4) is 0 Å². The summed E-state index contributed by atoms with van der Waals surface area (Å²) in [5, 5.41) is 3.44. The summed E-state index contributed by atoms with van der Waals surface area (Å²) < 4.78 is 7.55. The van der Waals surface area contributed by atoms with Crippen LogP contribution in [0.5, 0.6) is 0 Å². The van der Waals surface area contributed by atoms with Crippen molar-refractivity contribution < 1.29 is 9.53 Å². The number of Topliss-reactive ketones (excluding diaryl/α,β-unsaturated/α-hetero) is 1. The Bertz CT molecular complexity index is 1070. The van der Waals surface area contributed by atoms with E-state index in [2.05, 4.69) is 39.0 Å². The summed E-state index contributed by atoms with van der Waals surface area (Å²) in [6.07, 6.45) is 3.96. The molecule has 0 radical (unpaired) electrons. The van der Waals surface area contributed by atoms with Crippen LogP contribution in [0.1, 0.15) is 41.0 Å². The molecule has 5 rings (SSSR count). The summed E-state index contributed by atoms with van der Waals surface area (Å²) in [5.74, 6) is 1.30. The SMILES string of the molecule is COCCn1c(Cc2ccc(C(=O)C3CCCN3C3CCNC3)cc2)nc2ccccc21. The molecule has 2 atom stereocenters. The lowest BCUT2D eigenvalue weighted by Crippen LogP contribution is -2.44. The maximum Gasteiger partial charge on any atom is 0.179 e. The quantitative estimate of drug-likeness (QED) is 0.554. The number of rotatable bonds is 8. The molecule has 0 bridgehead atoms. The summed E-state index contributed by atoms with van der Waals surface area (Å²) in [5.41, 5.74) is 4.13. The maximum absolute atomic E-state index is 13.3. The van der Waals surface area contributed by atoms with E-state index in [1.807, 2.05) is 24.3 Å². The Morgan fingerprint density at radius 2 is 2.00 bits per heavy atom. The van der Waals surface area contributed by atoms with Crippen LogP contribution in [-0.4, -0.2) is 65.7 Å². The van der Waals surface area contributed by atoms with Crippen LogP contribution >= 0.6 is 0 Å². The van der Waals surface area contributed by atoms with Crippen molar-refractivity contribution in [2.75, 3.05) is 33.4 Å². The van der Waals surface area contributed by atoms with Crippen LogP contribution in [0, 0.1) is 0 Å². The number of nitrogens with one attached hydrogen (secondary N) is 1. The molecule has 2 fully saturated rings. The minimum atomic E-state index is 0.0315. The number of carbonyl (C=O) groups is 1. The molecule has 6 nitrogen and oxygen atoms in total. The average molecular weight is 433 g/mol. The van der Waals surface area contributed by atoms with Gasteiger partial charge < -0.3 is 14.6 Å². The third kappa shape index (κ3) is 4.22. The normalized spacial score (nSPS) is 21.5. The van der Waals surface area contributed by atoms with Crippen LogP contribution in [0.15, 0.2) is 48.5 Å². The standard InChI is InChI=1S/C26H32N4O2/c1-32-16-15-30-23-6-3-2-5-22(23)28-25(30)17-19-8-10-20(11-9-19)26(31)24-7-4-14-29(24)21-12-13-27-18-21/h2-3,5-6,8-11,21,24,27H,4,7,12-18H2,1H3. The Labute approximate surface area is 189 Å². The number of aromatic nitrogens is 2. The fourth-order valence-corrected chi connectivity index (χ4v) is 5.28. The van der Waals surface area contributed by atoms with Crippen molar-refractivity contribution in [1.29, 1.82) is 0 Å². The van der Waals surface area contributed by atoms with Gasteiger partial charge in [-0.3, -0.25) is 9.69 Å². The maximum atomic E-state index is 13.3. The highest BCUT2D eigenvalue weighted by molar-refractivity contribution is 6.00. The summed E-state index contributed by atoms with van der Waals surface area (Å²) in [6.45, 7) is 4.53. The first-order valence-electron chi connectivity index (χ1n) is 11.8. The Balaban J connectivity index is 1.32. The van der Waals surface area contributed by atoms with Gasteiger partial charge in [0, 0.05) is 38.2 Å². The van der Waals surface area contributed by atoms with E-state index in [0.29, 0.717) is 12.6 Å². The van der Waals surface area contributed by atoms with Crippen LogP contribution in [0.25, 0.3) is 11.0 Å². The second-order valence-corrected chi connectivity index (χ2v) is 8.94. The van der Waals surface area contributed by atoms with Crippen molar-refractivity contribution in [3.05, 3.63) is 65.5 Å². The van der Waals surface area contributed by atoms with Gasteiger partial charge in [-0.1, -0.05) is 36.4 Å². The second-order valence-electron chi connectivity index (χ2n) is 8.94. The van der Waals surface area contributed by atoms with Crippen molar-refractivity contribution in [3.8, 4) is 0 Å². The van der Waals surface area contributed by atoms with Gasteiger partial charge in [-0.05, 0) is 50.0 Å². The van der Waals surface area contributed by atoms with Crippen LogP contribution in [0.4, 0.5) is 0 Å². The number of ketones is 1. The number of benzene rings is 2. The summed E-state index contributed by atoms with van der Waals surface area (Å²) >= 11 is 0. The molecule has 2 unspecified atom stereocenters. The van der Waals surface area contributed by atoms with E-state index >= 15 is 0 Å². The van der Waals surface area contributed by atoms with Gasteiger partial charge in [0.05, 0.1) is 23.7 Å². The fourth-order valence-electron chi connectivity index (χ4n) is 5.28. The monoisotopic (exact) mass is 432 g/mol. The van der Waals surface area contributed by atoms with Crippen LogP contribution in [0.2, 0.25) is 0 Å². The molecule has 3 aromatic rings. The lowest BCUT2D eigenvalue weighted by molar-refractivity contribution is 0.0826. The minimum absolute atomic E-state index is 0.0315. The summed E-state index contributed by atoms with van der Waals surface area (Å²) in [4.78, 5) is 20.6. The third-order valence-electron chi connectivity index (χ3n) is 6.95. The zero-order chi connectivity index (χ0) is 21.9. The first-order valence-corrected chi connectivity index (χ1v) is 11.8. The zero-order valence-electron chi connectivity index (χ0n) is 18.8. The molecule has 2 saturated heterocycles. The van der Waals surface area contributed by atoms with Crippen molar-refractivity contribution in [2.24, 2.45) is 0 Å². The fraction of sp³-hybridized carbons (Fsp3) is 0.462. The zero-order valence-corrected chi connectivity index (χ0v) is 18.8. The molecule has 2 aliphatic rings. The van der Waals surface area contributed by atoms with E-state index in [-0.39, 0.29) is 11.8 Å². The van der Waals surface area contributed by atoms with Crippen LogP contribution < -0.4 is 5.32 Å². The number of nitrogens with zero attached hydrogens (tertiary/aromatic N) is 3. The van der Waals surface area contributed by atoms with Gasteiger partial charge in [-0.25, -0.2) is 4.98 Å². The molecular weight excluding hydrogens is 400 g/mol. The second kappa shape index (κ2) is 9.53. The molecule has 0 aliphatic carbocycles. The van der Waals surface area contributed by atoms with E-state index in [4.69, 9.17) is 9.72 Å². The highest BCUT2D eigenvalue weighted by Crippen LogP contribution is 2.26. The van der Waals surface area contributed by atoms with Gasteiger partial charge in [0.15, 0.2) is 5.78 Å². The Hall–Kier alpha value is -2.54. The molecule has 3 heterocycles. The molecule has 0 saturated carbocycles. The van der Waals surface area contributed by atoms with Crippen molar-refractivity contribution in [1.82, 2.24) is 19.8 Å². The summed E-state index contributed by atoms with van der Waals surface area (Å²) in [7, 11) is 1.73. The Morgan fingerprint density at radius 1 is 1.16 bits per heavy atom. The molecule has 0 amide bonds. The van der Waals surface area contributed by atoms with E-state index in [1.54, 1.807) is 7.11 Å². The predicted octanol–water partition coefficient (Wildman–Crippen LogP) is 3.28. The van der Waals surface area contributed by atoms with E-state index in [9.17, 15) is 4.79 Å². The Morgan fingerprint density at radius 3 is 2.78 bits per heavy atom. The number of hydrogen-bond donors (Lipinski definition) is 1. The number of likely N-dealkylation sites (tertiary alicyclic amines) is 1. The molecule has 1 N–H and O–H groups in total. The smallest absolute Gasteiger partial charge is 0.179 e. The van der Waals surface area contributed by atoms with Gasteiger partial charge in [0.25, 0.3) is 0 Å². The topological polar surface area (TPSA) is 59.4 Å². The summed E-state index contributed by atoms with van der Waals surface area (Å²) in [6, 6.07) is 16.9. The minimum Gasteiger partial charge on any atom is -0.383 e. The number of hydrogen-bond acceptors (Lipinski definition) is 5. The predicted molar refractivity (Wildman–Crippen MR) is 126 cm³/mol. The Kier molecular flexibility index (Phi) is 6.35. The first-order chi connectivity index (χ1) is 15.7. The van der Waals surface area contributed by atoms with Crippen molar-refractivity contribution >= 4 is 16.8 Å². The molecule has 2 aromatic carbocycles. The lowest BCUT2D eigenvalue weighted by Gasteiger charge is -2.29. The molecule has 168 valence electrons. The van der Waals surface area contributed by atoms with Gasteiger partial charge in [0.2, 0.25) is 0 Å². The first kappa shape index (κ1) is 21.3. The highest BCUT2D eigenvalue weighted by atomic mass is 16.5.